The largest absolute Gasteiger partial charge is 0.443 e. The van der Waals surface area contributed by atoms with Crippen LogP contribution in [0.25, 0.3) is 5.65 Å². The van der Waals surface area contributed by atoms with Crippen molar-refractivity contribution in [2.24, 2.45) is 11.8 Å². The lowest BCUT2D eigenvalue weighted by atomic mass is 10.2. The van der Waals surface area contributed by atoms with Gasteiger partial charge in [0.2, 0.25) is 0 Å². The smallest absolute Gasteiger partial charge is 0.415 e. The van der Waals surface area contributed by atoms with E-state index >= 15 is 0 Å². The normalized spacial score (nSPS) is 24.5. The van der Waals surface area contributed by atoms with Gasteiger partial charge in [0.15, 0.2) is 5.65 Å². The molecule has 3 fully saturated rings. The number of aromatic nitrogens is 4. The maximum absolute atomic E-state index is 13.4. The molecule has 0 spiro atoms. The van der Waals surface area contributed by atoms with Crippen LogP contribution in [0.4, 0.5) is 22.1 Å². The molecule has 2 saturated carbocycles. The van der Waals surface area contributed by atoms with E-state index in [4.69, 9.17) is 14.2 Å². The second-order valence-electron chi connectivity index (χ2n) is 12.7. The molecule has 1 saturated heterocycles. The van der Waals surface area contributed by atoms with Gasteiger partial charge in [0.05, 0.1) is 31.6 Å². The maximum Gasteiger partial charge on any atom is 0.415 e. The second-order valence-corrected chi connectivity index (χ2v) is 12.7. The van der Waals surface area contributed by atoms with Crippen LogP contribution in [-0.4, -0.2) is 75.8 Å². The molecule has 1 unspecified atom stereocenters. The zero-order chi connectivity index (χ0) is 30.5. The van der Waals surface area contributed by atoms with E-state index in [1.807, 2.05) is 0 Å². The molecule has 4 heterocycles. The minimum Gasteiger partial charge on any atom is -0.443 e. The number of amides is 2. The van der Waals surface area contributed by atoms with Crippen molar-refractivity contribution < 1.29 is 23.8 Å². The van der Waals surface area contributed by atoms with Gasteiger partial charge in [-0.1, -0.05) is 0 Å². The molecule has 2 amide bonds. The molecule has 43 heavy (non-hydrogen) atoms. The lowest BCUT2D eigenvalue weighted by Gasteiger charge is -2.25. The number of ether oxygens (including phenoxy) is 3. The van der Waals surface area contributed by atoms with E-state index in [1.165, 1.54) is 15.6 Å². The standard InChI is InChI=1S/C30H39N7O6/c1-30(2,3)43-29(40)35(4)25-13-24(33-22-7-6-10-36(28(22)39)15-23-20-11-17(20)16-42-23)34-26-21(14-31-37(25)26)27(38)32-18-8-9-19(12-18)41-5/h6-7,10,13-14,17-20,23H,8-9,11-12,15-16H2,1-5H3,(H,32,38)(H,33,34)/t17-,18+,19+,20-,23?/m0/s1. The molecule has 5 atom stereocenters. The van der Waals surface area contributed by atoms with Gasteiger partial charge in [0, 0.05) is 32.5 Å². The van der Waals surface area contributed by atoms with Crippen molar-refractivity contribution in [3.8, 4) is 0 Å². The highest BCUT2D eigenvalue weighted by Crippen LogP contribution is 2.48. The first-order chi connectivity index (χ1) is 20.5. The number of hydrogen-bond acceptors (Lipinski definition) is 9. The van der Waals surface area contributed by atoms with Crippen molar-refractivity contribution in [3.63, 3.8) is 0 Å². The van der Waals surface area contributed by atoms with E-state index in [9.17, 15) is 14.4 Å². The van der Waals surface area contributed by atoms with Crippen molar-refractivity contribution in [1.82, 2.24) is 24.5 Å². The minimum absolute atomic E-state index is 0.0323. The number of hydrogen-bond donors (Lipinski definition) is 2. The predicted octanol–water partition coefficient (Wildman–Crippen LogP) is 3.34. The van der Waals surface area contributed by atoms with Crippen molar-refractivity contribution in [2.75, 3.05) is 31.0 Å². The van der Waals surface area contributed by atoms with Crippen LogP contribution in [0.5, 0.6) is 0 Å². The Hall–Kier alpha value is -3.97. The topological polar surface area (TPSA) is 141 Å². The molecule has 2 N–H and O–H groups in total. The SMILES string of the molecule is CO[C@@H]1CC[C@@H](NC(=O)c2cnn3c(N(C)C(=O)OC(C)(C)C)cc(Nc4cccn(CC5OC[C@@H]6C[C@H]56)c4=O)nc23)C1. The number of rotatable bonds is 8. The molecule has 0 aromatic carbocycles. The van der Waals surface area contributed by atoms with Crippen molar-refractivity contribution >= 4 is 35.0 Å². The summed E-state index contributed by atoms with van der Waals surface area (Å²) in [5, 5.41) is 10.6. The first-order valence-corrected chi connectivity index (χ1v) is 14.8. The van der Waals surface area contributed by atoms with E-state index in [-0.39, 0.29) is 46.7 Å². The van der Waals surface area contributed by atoms with Gasteiger partial charge in [-0.2, -0.15) is 9.61 Å². The molecule has 3 aromatic rings. The zero-order valence-electron chi connectivity index (χ0n) is 25.2. The third-order valence-corrected chi connectivity index (χ3v) is 8.40. The Kier molecular flexibility index (Phi) is 7.63. The van der Waals surface area contributed by atoms with Crippen LogP contribution in [-0.2, 0) is 20.8 Å². The fourth-order valence-electron chi connectivity index (χ4n) is 5.97. The van der Waals surface area contributed by atoms with E-state index in [1.54, 1.807) is 63.9 Å². The lowest BCUT2D eigenvalue weighted by molar-refractivity contribution is 0.0587. The van der Waals surface area contributed by atoms with Crippen LogP contribution in [0, 0.1) is 11.8 Å². The molecule has 6 rings (SSSR count). The second kappa shape index (κ2) is 11.3. The van der Waals surface area contributed by atoms with Crippen LogP contribution < -0.4 is 21.1 Å². The quantitative estimate of drug-likeness (QED) is 0.402. The summed E-state index contributed by atoms with van der Waals surface area (Å²) in [4.78, 5) is 45.9. The Morgan fingerprint density at radius 1 is 1.23 bits per heavy atom. The van der Waals surface area contributed by atoms with Gasteiger partial charge in [-0.3, -0.25) is 14.5 Å². The predicted molar refractivity (Wildman–Crippen MR) is 159 cm³/mol. The number of fused-ring (bicyclic) bond motifs is 2. The molecule has 13 nitrogen and oxygen atoms in total. The number of pyridine rings is 1. The lowest BCUT2D eigenvalue weighted by Crippen LogP contribution is -2.35. The summed E-state index contributed by atoms with van der Waals surface area (Å²) in [5.74, 6) is 1.38. The van der Waals surface area contributed by atoms with E-state index in [0.717, 1.165) is 32.3 Å². The molecule has 1 aliphatic heterocycles. The first kappa shape index (κ1) is 29.1. The highest BCUT2D eigenvalue weighted by molar-refractivity contribution is 6.00. The summed E-state index contributed by atoms with van der Waals surface area (Å²) < 4.78 is 20.0. The minimum atomic E-state index is -0.728. The number of carbonyl (C=O) groups excluding carboxylic acids is 2. The maximum atomic E-state index is 13.4. The van der Waals surface area contributed by atoms with E-state index in [0.29, 0.717) is 29.9 Å². The van der Waals surface area contributed by atoms with Gasteiger partial charge < -0.3 is 29.4 Å². The fraction of sp³-hybridized carbons (Fsp3) is 0.567. The highest BCUT2D eigenvalue weighted by Gasteiger charge is 2.49. The molecule has 0 bridgehead atoms. The van der Waals surface area contributed by atoms with Crippen molar-refractivity contribution in [3.05, 3.63) is 46.5 Å². The van der Waals surface area contributed by atoms with Crippen LogP contribution in [0.1, 0.15) is 56.8 Å². The van der Waals surface area contributed by atoms with Crippen LogP contribution in [0.2, 0.25) is 0 Å². The fourth-order valence-corrected chi connectivity index (χ4v) is 5.97. The third kappa shape index (κ3) is 6.09. The summed E-state index contributed by atoms with van der Waals surface area (Å²) in [6, 6.07) is 5.03. The molecule has 3 aromatic heterocycles. The van der Waals surface area contributed by atoms with Gasteiger partial charge in [0.25, 0.3) is 11.5 Å². The van der Waals surface area contributed by atoms with Crippen LogP contribution >= 0.6 is 0 Å². The average molecular weight is 594 g/mol. The highest BCUT2D eigenvalue weighted by atomic mass is 16.6. The number of nitrogens with one attached hydrogen (secondary N) is 2. The van der Waals surface area contributed by atoms with Gasteiger partial charge in [0.1, 0.15) is 28.5 Å². The van der Waals surface area contributed by atoms with Crippen LogP contribution in [0.15, 0.2) is 35.4 Å². The van der Waals surface area contributed by atoms with E-state index < -0.39 is 11.7 Å². The first-order valence-electron chi connectivity index (χ1n) is 14.8. The molecular weight excluding hydrogens is 554 g/mol. The third-order valence-electron chi connectivity index (χ3n) is 8.40. The number of anilines is 3. The molecule has 13 heteroatoms. The molecule has 0 radical (unpaired) electrons. The van der Waals surface area contributed by atoms with Gasteiger partial charge >= 0.3 is 6.09 Å². The number of carbonyl (C=O) groups is 2. The summed E-state index contributed by atoms with van der Waals surface area (Å²) in [5.41, 5.74) is -0.180. The molecule has 3 aliphatic rings. The molecular formula is C30H39N7O6. The number of nitrogens with zero attached hydrogens (tertiary/aromatic N) is 5. The average Bonchev–Trinajstić information content (AvgIpc) is 3.25. The Morgan fingerprint density at radius 2 is 2.05 bits per heavy atom. The Balaban J connectivity index is 1.33. The Morgan fingerprint density at radius 3 is 2.72 bits per heavy atom. The number of methoxy groups -OCH3 is 1. The monoisotopic (exact) mass is 593 g/mol. The summed E-state index contributed by atoms with van der Waals surface area (Å²) in [7, 11) is 3.23. The molecule has 2 aliphatic carbocycles. The summed E-state index contributed by atoms with van der Waals surface area (Å²) in [6.07, 6.45) is 6.28. The van der Waals surface area contributed by atoms with Gasteiger partial charge in [-0.05, 0) is 70.4 Å². The van der Waals surface area contributed by atoms with Gasteiger partial charge in [-0.25, -0.2) is 9.78 Å². The summed E-state index contributed by atoms with van der Waals surface area (Å²) in [6.45, 7) is 6.58. The van der Waals surface area contributed by atoms with Crippen LogP contribution in [0.3, 0.4) is 0 Å². The Bertz CT molecular complexity index is 1590. The van der Waals surface area contributed by atoms with Crippen molar-refractivity contribution in [1.29, 1.82) is 0 Å². The zero-order valence-corrected chi connectivity index (χ0v) is 25.2. The van der Waals surface area contributed by atoms with Crippen molar-refractivity contribution in [2.45, 2.75) is 76.9 Å². The summed E-state index contributed by atoms with van der Waals surface area (Å²) >= 11 is 0. The van der Waals surface area contributed by atoms with Gasteiger partial charge in [-0.15, -0.1) is 0 Å². The van der Waals surface area contributed by atoms with E-state index in [2.05, 4.69) is 20.7 Å². The Labute approximate surface area is 249 Å². The molecule has 230 valence electrons.